The monoisotopic (exact) mass is 286 g/mol. The molecule has 19 heavy (non-hydrogen) atoms. The highest BCUT2D eigenvalue weighted by Gasteiger charge is 2.22. The van der Waals surface area contributed by atoms with Crippen LogP contribution in [-0.2, 0) is 14.3 Å². The van der Waals surface area contributed by atoms with Crippen LogP contribution in [0.15, 0.2) is 5.38 Å². The molecule has 0 spiro atoms. The lowest BCUT2D eigenvalue weighted by molar-refractivity contribution is -0.142. The standard InChI is InChI=1S/C11H14N2O5S/c1-6-12-8(5-19-6)10(15)13-7(11(16)17)3-4-9(14)18-2/h5,7H,3-4H2,1-2H3,(H,13,15)(H,16,17)/t7-/m0/s1. The lowest BCUT2D eigenvalue weighted by Gasteiger charge is -2.12. The molecule has 1 heterocycles. The molecule has 0 unspecified atom stereocenters. The van der Waals surface area contributed by atoms with E-state index in [1.807, 2.05) is 0 Å². The van der Waals surface area contributed by atoms with E-state index < -0.39 is 23.9 Å². The van der Waals surface area contributed by atoms with E-state index >= 15 is 0 Å². The molecule has 0 aromatic carbocycles. The van der Waals surface area contributed by atoms with E-state index in [2.05, 4.69) is 15.0 Å². The van der Waals surface area contributed by atoms with Crippen molar-refractivity contribution in [3.05, 3.63) is 16.1 Å². The third-order valence-corrected chi connectivity index (χ3v) is 3.09. The Hall–Kier alpha value is -1.96. The van der Waals surface area contributed by atoms with E-state index in [0.717, 1.165) is 0 Å². The summed E-state index contributed by atoms with van der Waals surface area (Å²) in [6.07, 6.45) is -0.110. The lowest BCUT2D eigenvalue weighted by Crippen LogP contribution is -2.41. The van der Waals surface area contributed by atoms with Crippen LogP contribution in [0.4, 0.5) is 0 Å². The second-order valence-electron chi connectivity index (χ2n) is 3.73. The number of nitrogens with zero attached hydrogens (tertiary/aromatic N) is 1. The Morgan fingerprint density at radius 1 is 1.53 bits per heavy atom. The fourth-order valence-corrected chi connectivity index (χ4v) is 1.91. The van der Waals surface area contributed by atoms with Crippen molar-refractivity contribution < 1.29 is 24.2 Å². The minimum absolute atomic E-state index is 0.0309. The number of carboxylic acids is 1. The Morgan fingerprint density at radius 3 is 2.68 bits per heavy atom. The van der Waals surface area contributed by atoms with Crippen molar-refractivity contribution in [3.8, 4) is 0 Å². The number of aryl methyl sites for hydroxylation is 1. The molecule has 7 nitrogen and oxygen atoms in total. The van der Waals surface area contributed by atoms with Gasteiger partial charge in [0.1, 0.15) is 11.7 Å². The summed E-state index contributed by atoms with van der Waals surface area (Å²) in [7, 11) is 1.22. The first-order valence-corrected chi connectivity index (χ1v) is 6.34. The third kappa shape index (κ3) is 4.66. The third-order valence-electron chi connectivity index (χ3n) is 2.32. The molecule has 0 radical (unpaired) electrons. The molecule has 0 aliphatic heterocycles. The van der Waals surface area contributed by atoms with Gasteiger partial charge in [0.25, 0.3) is 5.91 Å². The Balaban J connectivity index is 2.61. The van der Waals surface area contributed by atoms with Crippen molar-refractivity contribution >= 4 is 29.2 Å². The molecule has 0 fully saturated rings. The Labute approximate surface area is 113 Å². The first kappa shape index (κ1) is 15.1. The molecule has 8 heteroatoms. The number of ether oxygens (including phenoxy) is 1. The predicted octanol–water partition coefficient (Wildman–Crippen LogP) is 0.588. The quantitative estimate of drug-likeness (QED) is 0.741. The number of rotatable bonds is 6. The number of thiazole rings is 1. The van der Waals surface area contributed by atoms with Gasteiger partial charge in [-0.3, -0.25) is 9.59 Å². The largest absolute Gasteiger partial charge is 0.480 e. The van der Waals surface area contributed by atoms with E-state index in [1.165, 1.54) is 18.4 Å². The van der Waals surface area contributed by atoms with Crippen LogP contribution in [0.5, 0.6) is 0 Å². The molecule has 1 amide bonds. The molecular formula is C11H14N2O5S. The fraction of sp³-hybridized carbons (Fsp3) is 0.455. The summed E-state index contributed by atoms with van der Waals surface area (Å²) < 4.78 is 4.42. The molecule has 2 N–H and O–H groups in total. The number of aromatic nitrogens is 1. The van der Waals surface area contributed by atoms with Crippen molar-refractivity contribution in [2.24, 2.45) is 0 Å². The van der Waals surface area contributed by atoms with Crippen LogP contribution in [-0.4, -0.2) is 41.1 Å². The van der Waals surface area contributed by atoms with Gasteiger partial charge >= 0.3 is 11.9 Å². The number of aliphatic carboxylic acids is 1. The summed E-state index contributed by atoms with van der Waals surface area (Å²) >= 11 is 1.30. The molecule has 1 rings (SSSR count). The van der Waals surface area contributed by atoms with Crippen LogP contribution < -0.4 is 5.32 Å². The van der Waals surface area contributed by atoms with Crippen LogP contribution in [0.1, 0.15) is 28.3 Å². The molecule has 104 valence electrons. The predicted molar refractivity (Wildman–Crippen MR) is 67.0 cm³/mol. The summed E-state index contributed by atoms with van der Waals surface area (Å²) in [4.78, 5) is 37.6. The SMILES string of the molecule is COC(=O)CC[C@H](NC(=O)c1csc(C)n1)C(=O)O. The number of methoxy groups -OCH3 is 1. The van der Waals surface area contributed by atoms with Crippen LogP contribution in [0.25, 0.3) is 0 Å². The zero-order chi connectivity index (χ0) is 14.4. The summed E-state index contributed by atoms with van der Waals surface area (Å²) in [6.45, 7) is 1.74. The van der Waals surface area contributed by atoms with E-state index in [-0.39, 0.29) is 18.5 Å². The first-order chi connectivity index (χ1) is 8.93. The number of hydrogen-bond acceptors (Lipinski definition) is 6. The summed E-state index contributed by atoms with van der Waals surface area (Å²) in [6, 6.07) is -1.14. The molecule has 1 atom stereocenters. The number of esters is 1. The Morgan fingerprint density at radius 2 is 2.21 bits per heavy atom. The maximum atomic E-state index is 11.7. The zero-order valence-corrected chi connectivity index (χ0v) is 11.3. The smallest absolute Gasteiger partial charge is 0.326 e. The maximum Gasteiger partial charge on any atom is 0.326 e. The van der Waals surface area contributed by atoms with Gasteiger partial charge in [-0.05, 0) is 13.3 Å². The zero-order valence-electron chi connectivity index (χ0n) is 10.5. The summed E-state index contributed by atoms with van der Waals surface area (Å²) in [5.41, 5.74) is 0.173. The van der Waals surface area contributed by atoms with Gasteiger partial charge in [0.2, 0.25) is 0 Å². The van der Waals surface area contributed by atoms with Crippen molar-refractivity contribution in [2.45, 2.75) is 25.8 Å². The van der Waals surface area contributed by atoms with Gasteiger partial charge in [-0.2, -0.15) is 0 Å². The minimum Gasteiger partial charge on any atom is -0.480 e. The molecule has 1 aromatic heterocycles. The number of hydrogen-bond donors (Lipinski definition) is 2. The van der Waals surface area contributed by atoms with Gasteiger partial charge in [0.15, 0.2) is 0 Å². The maximum absolute atomic E-state index is 11.7. The number of carbonyl (C=O) groups is 3. The van der Waals surface area contributed by atoms with E-state index in [9.17, 15) is 14.4 Å². The molecule has 0 bridgehead atoms. The van der Waals surface area contributed by atoms with E-state index in [1.54, 1.807) is 12.3 Å². The van der Waals surface area contributed by atoms with Gasteiger partial charge < -0.3 is 15.2 Å². The van der Waals surface area contributed by atoms with Crippen LogP contribution in [0.3, 0.4) is 0 Å². The van der Waals surface area contributed by atoms with Crippen LogP contribution >= 0.6 is 11.3 Å². The highest BCUT2D eigenvalue weighted by Crippen LogP contribution is 2.08. The van der Waals surface area contributed by atoms with Crippen LogP contribution in [0.2, 0.25) is 0 Å². The topological polar surface area (TPSA) is 106 Å². The highest BCUT2D eigenvalue weighted by molar-refractivity contribution is 7.09. The van der Waals surface area contributed by atoms with Crippen molar-refractivity contribution in [1.29, 1.82) is 0 Å². The first-order valence-electron chi connectivity index (χ1n) is 5.46. The van der Waals surface area contributed by atoms with Crippen molar-refractivity contribution in [1.82, 2.24) is 10.3 Å². The van der Waals surface area contributed by atoms with Gasteiger partial charge in [0.05, 0.1) is 12.1 Å². The number of nitrogens with one attached hydrogen (secondary N) is 1. The fourth-order valence-electron chi connectivity index (χ4n) is 1.32. The lowest BCUT2D eigenvalue weighted by atomic mass is 10.1. The summed E-state index contributed by atoms with van der Waals surface area (Å²) in [5.74, 6) is -2.30. The molecular weight excluding hydrogens is 272 g/mol. The highest BCUT2D eigenvalue weighted by atomic mass is 32.1. The van der Waals surface area contributed by atoms with E-state index in [4.69, 9.17) is 5.11 Å². The Bertz CT molecular complexity index is 485. The number of carboxylic acid groups (broad SMARTS) is 1. The second-order valence-corrected chi connectivity index (χ2v) is 4.79. The van der Waals surface area contributed by atoms with Gasteiger partial charge in [-0.15, -0.1) is 11.3 Å². The van der Waals surface area contributed by atoms with Crippen molar-refractivity contribution in [3.63, 3.8) is 0 Å². The van der Waals surface area contributed by atoms with Crippen molar-refractivity contribution in [2.75, 3.05) is 7.11 Å². The van der Waals surface area contributed by atoms with Crippen LogP contribution in [0, 0.1) is 6.92 Å². The molecule has 0 saturated carbocycles. The van der Waals surface area contributed by atoms with Gasteiger partial charge in [-0.25, -0.2) is 9.78 Å². The Kier molecular flexibility index (Phi) is 5.43. The minimum atomic E-state index is -1.20. The molecule has 0 aliphatic rings. The average molecular weight is 286 g/mol. The molecule has 1 aromatic rings. The van der Waals surface area contributed by atoms with E-state index in [0.29, 0.717) is 5.01 Å². The van der Waals surface area contributed by atoms with Gasteiger partial charge in [-0.1, -0.05) is 0 Å². The molecule has 0 saturated heterocycles. The summed E-state index contributed by atoms with van der Waals surface area (Å²) in [5, 5.41) is 13.6. The number of amides is 1. The normalized spacial score (nSPS) is 11.7. The van der Waals surface area contributed by atoms with Gasteiger partial charge in [0, 0.05) is 11.8 Å². The second kappa shape index (κ2) is 6.83. The average Bonchev–Trinajstić information content (AvgIpc) is 2.80. The number of carbonyl (C=O) groups excluding carboxylic acids is 2. The molecule has 0 aliphatic carbocycles.